The lowest BCUT2D eigenvalue weighted by atomic mass is 9.88. The summed E-state index contributed by atoms with van der Waals surface area (Å²) in [5.74, 6) is 1.13. The van der Waals surface area contributed by atoms with Gasteiger partial charge in [0.15, 0.2) is 6.10 Å². The van der Waals surface area contributed by atoms with Crippen molar-refractivity contribution in [1.29, 1.82) is 0 Å². The number of likely N-dealkylation sites (tertiary alicyclic amines) is 1. The largest absolute Gasteiger partial charge is 0.375 e. The second kappa shape index (κ2) is 7.75. The van der Waals surface area contributed by atoms with Crippen molar-refractivity contribution in [3.63, 3.8) is 0 Å². The number of hydrogen-bond acceptors (Lipinski definition) is 5. The number of methoxy groups -OCH3 is 1. The second-order valence-electron chi connectivity index (χ2n) is 7.46. The number of amides is 2. The topological polar surface area (TPSA) is 85.7 Å². The van der Waals surface area contributed by atoms with Gasteiger partial charge in [-0.05, 0) is 5.92 Å². The predicted molar refractivity (Wildman–Crippen MR) is 94.3 cm³/mol. The number of aromatic nitrogens is 2. The summed E-state index contributed by atoms with van der Waals surface area (Å²) in [6.45, 7) is 6.43. The van der Waals surface area contributed by atoms with E-state index in [1.807, 2.05) is 10.8 Å². The lowest BCUT2D eigenvalue weighted by Gasteiger charge is -2.45. The van der Waals surface area contributed by atoms with Gasteiger partial charge in [-0.2, -0.15) is 0 Å². The maximum atomic E-state index is 12.6. The molecule has 1 fully saturated rings. The molecule has 8 nitrogen and oxygen atoms in total. The first-order valence-corrected chi connectivity index (χ1v) is 9.19. The molecule has 1 saturated heterocycles. The fraction of sp³-hybridized carbons (Fsp3) is 0.722. The van der Waals surface area contributed by atoms with Crippen LogP contribution in [0.4, 0.5) is 0 Å². The number of rotatable bonds is 5. The Morgan fingerprint density at radius 1 is 1.42 bits per heavy atom. The van der Waals surface area contributed by atoms with Gasteiger partial charge in [-0.25, -0.2) is 4.98 Å². The van der Waals surface area contributed by atoms with E-state index in [9.17, 15) is 9.59 Å². The summed E-state index contributed by atoms with van der Waals surface area (Å²) in [6.07, 6.45) is 4.33. The van der Waals surface area contributed by atoms with Crippen LogP contribution in [0.2, 0.25) is 0 Å². The van der Waals surface area contributed by atoms with E-state index in [2.05, 4.69) is 24.1 Å². The SMILES string of the molecule is COCC(=O)N1CCC2(CC1)O[C@@H](C(=O)NCC(C)C)Cn1ccnc12. The number of hydrogen-bond donors (Lipinski definition) is 1. The smallest absolute Gasteiger partial charge is 0.251 e. The molecule has 3 heterocycles. The molecule has 1 spiro atoms. The van der Waals surface area contributed by atoms with Crippen LogP contribution in [0.25, 0.3) is 0 Å². The molecule has 0 bridgehead atoms. The Labute approximate surface area is 153 Å². The summed E-state index contributed by atoms with van der Waals surface area (Å²) in [5.41, 5.74) is -0.620. The Morgan fingerprint density at radius 2 is 2.15 bits per heavy atom. The molecule has 1 aromatic heterocycles. The molecule has 1 aromatic rings. The van der Waals surface area contributed by atoms with Gasteiger partial charge < -0.3 is 24.3 Å². The lowest BCUT2D eigenvalue weighted by Crippen LogP contribution is -2.55. The Morgan fingerprint density at radius 3 is 2.81 bits per heavy atom. The maximum absolute atomic E-state index is 12.6. The number of nitrogens with one attached hydrogen (secondary N) is 1. The highest BCUT2D eigenvalue weighted by Gasteiger charge is 2.47. The zero-order valence-electron chi connectivity index (χ0n) is 15.7. The van der Waals surface area contributed by atoms with E-state index in [4.69, 9.17) is 9.47 Å². The molecule has 2 aliphatic heterocycles. The van der Waals surface area contributed by atoms with E-state index in [0.29, 0.717) is 44.9 Å². The first-order valence-electron chi connectivity index (χ1n) is 9.19. The summed E-state index contributed by atoms with van der Waals surface area (Å²) in [7, 11) is 1.52. The minimum Gasteiger partial charge on any atom is -0.375 e. The number of carbonyl (C=O) groups is 2. The van der Waals surface area contributed by atoms with Crippen molar-refractivity contribution in [2.75, 3.05) is 33.4 Å². The fourth-order valence-electron chi connectivity index (χ4n) is 3.63. The van der Waals surface area contributed by atoms with Crippen molar-refractivity contribution < 1.29 is 19.1 Å². The molecule has 1 N–H and O–H groups in total. The molecule has 1 atom stereocenters. The van der Waals surface area contributed by atoms with Gasteiger partial charge in [0, 0.05) is 52.0 Å². The number of nitrogens with zero attached hydrogens (tertiary/aromatic N) is 3. The van der Waals surface area contributed by atoms with Crippen molar-refractivity contribution >= 4 is 11.8 Å². The molecule has 8 heteroatoms. The van der Waals surface area contributed by atoms with Crippen LogP contribution in [-0.2, 0) is 31.2 Å². The van der Waals surface area contributed by atoms with Crippen molar-refractivity contribution in [1.82, 2.24) is 19.8 Å². The zero-order chi connectivity index (χ0) is 18.7. The molecular formula is C18H28N4O4. The second-order valence-corrected chi connectivity index (χ2v) is 7.46. The Hall–Kier alpha value is -1.93. The van der Waals surface area contributed by atoms with E-state index in [1.54, 1.807) is 11.1 Å². The average molecular weight is 364 g/mol. The molecule has 0 saturated carbocycles. The maximum Gasteiger partial charge on any atom is 0.251 e. The molecule has 0 radical (unpaired) electrons. The van der Waals surface area contributed by atoms with E-state index < -0.39 is 11.7 Å². The highest BCUT2D eigenvalue weighted by atomic mass is 16.5. The summed E-state index contributed by atoms with van der Waals surface area (Å²) in [5, 5.41) is 2.96. The van der Waals surface area contributed by atoms with Crippen molar-refractivity contribution in [3.8, 4) is 0 Å². The summed E-state index contributed by atoms with van der Waals surface area (Å²) in [4.78, 5) is 30.9. The molecular weight excluding hydrogens is 336 g/mol. The van der Waals surface area contributed by atoms with Crippen molar-refractivity contribution in [2.45, 2.75) is 44.9 Å². The standard InChI is InChI=1S/C18H28N4O4/c1-13(2)10-20-16(24)14-11-22-9-6-19-17(22)18(26-14)4-7-21(8-5-18)15(23)12-25-3/h6,9,13-14H,4-5,7-8,10-12H2,1-3H3,(H,20,24)/t14-/m1/s1. The molecule has 0 aliphatic carbocycles. The number of fused-ring (bicyclic) bond motifs is 2. The molecule has 2 aliphatic rings. The highest BCUT2D eigenvalue weighted by molar-refractivity contribution is 5.81. The van der Waals surface area contributed by atoms with Crippen molar-refractivity contribution in [2.24, 2.45) is 5.92 Å². The zero-order valence-corrected chi connectivity index (χ0v) is 15.7. The quantitative estimate of drug-likeness (QED) is 0.823. The van der Waals surface area contributed by atoms with Gasteiger partial charge in [-0.15, -0.1) is 0 Å². The number of imidazole rings is 1. The van der Waals surface area contributed by atoms with Crippen LogP contribution in [-0.4, -0.2) is 65.7 Å². The minimum absolute atomic E-state index is 0.0206. The monoisotopic (exact) mass is 364 g/mol. The van der Waals surface area contributed by atoms with Gasteiger partial charge in [-0.3, -0.25) is 9.59 Å². The molecule has 3 rings (SSSR count). The lowest BCUT2D eigenvalue weighted by molar-refractivity contribution is -0.176. The Balaban J connectivity index is 1.73. The van der Waals surface area contributed by atoms with Crippen molar-refractivity contribution in [3.05, 3.63) is 18.2 Å². The van der Waals surface area contributed by atoms with Crippen LogP contribution in [0.1, 0.15) is 32.5 Å². The number of ether oxygens (including phenoxy) is 2. The van der Waals surface area contributed by atoms with Gasteiger partial charge >= 0.3 is 0 Å². The van der Waals surface area contributed by atoms with Gasteiger partial charge in [0.25, 0.3) is 5.91 Å². The van der Waals surface area contributed by atoms with E-state index >= 15 is 0 Å². The van der Waals surface area contributed by atoms with Crippen LogP contribution >= 0.6 is 0 Å². The third-order valence-corrected chi connectivity index (χ3v) is 5.02. The minimum atomic E-state index is -0.620. The van der Waals surface area contributed by atoms with Crippen LogP contribution in [0.5, 0.6) is 0 Å². The first-order chi connectivity index (χ1) is 12.4. The van der Waals surface area contributed by atoms with Crippen LogP contribution in [0, 0.1) is 5.92 Å². The normalized spacial score (nSPS) is 21.7. The predicted octanol–water partition coefficient (Wildman–Crippen LogP) is 0.518. The molecule has 2 amide bonds. The molecule has 26 heavy (non-hydrogen) atoms. The summed E-state index contributed by atoms with van der Waals surface area (Å²) >= 11 is 0. The molecule has 0 aromatic carbocycles. The highest BCUT2D eigenvalue weighted by Crippen LogP contribution is 2.40. The Bertz CT molecular complexity index is 649. The summed E-state index contributed by atoms with van der Waals surface area (Å²) < 4.78 is 13.3. The average Bonchev–Trinajstić information content (AvgIpc) is 3.10. The van der Waals surface area contributed by atoms with E-state index in [-0.39, 0.29) is 18.4 Å². The van der Waals surface area contributed by atoms with Crippen LogP contribution in [0.3, 0.4) is 0 Å². The molecule has 144 valence electrons. The number of carbonyl (C=O) groups excluding carboxylic acids is 2. The van der Waals surface area contributed by atoms with Gasteiger partial charge in [-0.1, -0.05) is 13.8 Å². The number of piperidine rings is 1. The fourth-order valence-corrected chi connectivity index (χ4v) is 3.63. The van der Waals surface area contributed by atoms with Gasteiger partial charge in [0.1, 0.15) is 18.0 Å². The van der Waals surface area contributed by atoms with E-state index in [1.165, 1.54) is 7.11 Å². The van der Waals surface area contributed by atoms with Crippen LogP contribution in [0.15, 0.2) is 12.4 Å². The molecule has 0 unspecified atom stereocenters. The van der Waals surface area contributed by atoms with Gasteiger partial charge in [0.2, 0.25) is 5.91 Å². The van der Waals surface area contributed by atoms with Crippen LogP contribution < -0.4 is 5.32 Å². The van der Waals surface area contributed by atoms with E-state index in [0.717, 1.165) is 5.82 Å². The third-order valence-electron chi connectivity index (χ3n) is 5.02. The Kier molecular flexibility index (Phi) is 5.62. The third kappa shape index (κ3) is 3.76. The summed E-state index contributed by atoms with van der Waals surface area (Å²) in [6, 6.07) is 0. The first kappa shape index (κ1) is 18.8. The van der Waals surface area contributed by atoms with Gasteiger partial charge in [0.05, 0.1) is 6.54 Å².